The molecule has 2 N–H and O–H groups in total. The zero-order valence-electron chi connectivity index (χ0n) is 10.4. The van der Waals surface area contributed by atoms with Crippen molar-refractivity contribution in [3.8, 4) is 5.75 Å². The van der Waals surface area contributed by atoms with Crippen LogP contribution < -0.4 is 10.1 Å². The standard InChI is InChI=1S/C13H18ClNO3/c1-10-8-11(14)4-5-12(10)18-9-13(17)15-6-2-3-7-16/h4-5,8,16H,2-3,6-7,9H2,1H3,(H,15,17). The first kappa shape index (κ1) is 14.8. The molecule has 0 atom stereocenters. The molecule has 0 saturated carbocycles. The second-order valence-corrected chi connectivity index (χ2v) is 4.42. The van der Waals surface area contributed by atoms with Crippen LogP contribution in [0.3, 0.4) is 0 Å². The van der Waals surface area contributed by atoms with Crippen LogP contribution in [-0.4, -0.2) is 30.8 Å². The van der Waals surface area contributed by atoms with Crippen molar-refractivity contribution in [2.24, 2.45) is 0 Å². The van der Waals surface area contributed by atoms with Gasteiger partial charge in [-0.05, 0) is 43.5 Å². The molecular weight excluding hydrogens is 254 g/mol. The number of amides is 1. The molecule has 0 heterocycles. The summed E-state index contributed by atoms with van der Waals surface area (Å²) in [5.74, 6) is 0.493. The zero-order chi connectivity index (χ0) is 13.4. The minimum atomic E-state index is -0.165. The lowest BCUT2D eigenvalue weighted by molar-refractivity contribution is -0.123. The topological polar surface area (TPSA) is 58.6 Å². The van der Waals surface area contributed by atoms with Gasteiger partial charge >= 0.3 is 0 Å². The highest BCUT2D eigenvalue weighted by Gasteiger charge is 2.04. The second-order valence-electron chi connectivity index (χ2n) is 3.98. The maximum Gasteiger partial charge on any atom is 0.257 e. The van der Waals surface area contributed by atoms with Crippen LogP contribution in [-0.2, 0) is 4.79 Å². The zero-order valence-corrected chi connectivity index (χ0v) is 11.2. The number of carbonyl (C=O) groups is 1. The number of aliphatic hydroxyl groups is 1. The van der Waals surface area contributed by atoms with Crippen molar-refractivity contribution < 1.29 is 14.6 Å². The number of carbonyl (C=O) groups excluding carboxylic acids is 1. The van der Waals surface area contributed by atoms with Crippen molar-refractivity contribution in [3.05, 3.63) is 28.8 Å². The van der Waals surface area contributed by atoms with Crippen LogP contribution in [0, 0.1) is 6.92 Å². The van der Waals surface area contributed by atoms with Gasteiger partial charge in [-0.3, -0.25) is 4.79 Å². The molecule has 0 radical (unpaired) electrons. The largest absolute Gasteiger partial charge is 0.484 e. The lowest BCUT2D eigenvalue weighted by Crippen LogP contribution is -2.29. The van der Waals surface area contributed by atoms with Crippen LogP contribution in [0.1, 0.15) is 18.4 Å². The number of unbranched alkanes of at least 4 members (excludes halogenated alkanes) is 1. The Morgan fingerprint density at radius 2 is 2.22 bits per heavy atom. The molecule has 0 aliphatic rings. The predicted molar refractivity (Wildman–Crippen MR) is 71.0 cm³/mol. The Labute approximate surface area is 112 Å². The van der Waals surface area contributed by atoms with Crippen LogP contribution in [0.5, 0.6) is 5.75 Å². The van der Waals surface area contributed by atoms with Gasteiger partial charge in [0, 0.05) is 18.2 Å². The van der Waals surface area contributed by atoms with E-state index in [1.54, 1.807) is 18.2 Å². The third-order valence-electron chi connectivity index (χ3n) is 2.40. The third-order valence-corrected chi connectivity index (χ3v) is 2.64. The molecule has 1 amide bonds. The van der Waals surface area contributed by atoms with Gasteiger partial charge in [-0.15, -0.1) is 0 Å². The molecule has 1 aromatic carbocycles. The maximum absolute atomic E-state index is 11.4. The molecule has 0 aliphatic carbocycles. The fourth-order valence-electron chi connectivity index (χ4n) is 1.43. The molecule has 100 valence electrons. The fourth-order valence-corrected chi connectivity index (χ4v) is 1.66. The summed E-state index contributed by atoms with van der Waals surface area (Å²) in [7, 11) is 0. The van der Waals surface area contributed by atoms with Gasteiger partial charge in [0.1, 0.15) is 5.75 Å². The third kappa shape index (κ3) is 5.38. The van der Waals surface area contributed by atoms with Crippen LogP contribution >= 0.6 is 11.6 Å². The Hall–Kier alpha value is -1.26. The van der Waals surface area contributed by atoms with E-state index in [0.29, 0.717) is 23.7 Å². The second kappa shape index (κ2) is 7.95. The normalized spacial score (nSPS) is 10.2. The first-order valence-electron chi connectivity index (χ1n) is 5.90. The van der Waals surface area contributed by atoms with E-state index in [0.717, 1.165) is 12.0 Å². The van der Waals surface area contributed by atoms with Crippen molar-refractivity contribution >= 4 is 17.5 Å². The number of aryl methyl sites for hydroxylation is 1. The van der Waals surface area contributed by atoms with Crippen LogP contribution in [0.4, 0.5) is 0 Å². The highest BCUT2D eigenvalue weighted by molar-refractivity contribution is 6.30. The summed E-state index contributed by atoms with van der Waals surface area (Å²) in [4.78, 5) is 11.4. The highest BCUT2D eigenvalue weighted by Crippen LogP contribution is 2.21. The SMILES string of the molecule is Cc1cc(Cl)ccc1OCC(=O)NCCCCO. The number of hydrogen-bond donors (Lipinski definition) is 2. The molecule has 0 spiro atoms. The quantitative estimate of drug-likeness (QED) is 0.745. The molecule has 0 aromatic heterocycles. The van der Waals surface area contributed by atoms with Gasteiger partial charge in [-0.1, -0.05) is 11.6 Å². The highest BCUT2D eigenvalue weighted by atomic mass is 35.5. The smallest absolute Gasteiger partial charge is 0.257 e. The Morgan fingerprint density at radius 1 is 1.44 bits per heavy atom. The molecule has 0 saturated heterocycles. The summed E-state index contributed by atoms with van der Waals surface area (Å²) in [5.41, 5.74) is 0.899. The van der Waals surface area contributed by atoms with Crippen molar-refractivity contribution in [2.45, 2.75) is 19.8 Å². The Morgan fingerprint density at radius 3 is 2.89 bits per heavy atom. The molecule has 0 fully saturated rings. The van der Waals surface area contributed by atoms with E-state index in [2.05, 4.69) is 5.32 Å². The van der Waals surface area contributed by atoms with E-state index < -0.39 is 0 Å². The van der Waals surface area contributed by atoms with E-state index in [4.69, 9.17) is 21.4 Å². The average Bonchev–Trinajstić information content (AvgIpc) is 2.33. The van der Waals surface area contributed by atoms with Gasteiger partial charge in [0.2, 0.25) is 0 Å². The summed E-state index contributed by atoms with van der Waals surface area (Å²) in [5, 5.41) is 12.0. The van der Waals surface area contributed by atoms with E-state index >= 15 is 0 Å². The summed E-state index contributed by atoms with van der Waals surface area (Å²) in [6.45, 7) is 2.57. The summed E-state index contributed by atoms with van der Waals surface area (Å²) in [6, 6.07) is 5.26. The van der Waals surface area contributed by atoms with E-state index in [9.17, 15) is 4.79 Å². The van der Waals surface area contributed by atoms with E-state index in [1.807, 2.05) is 6.92 Å². The van der Waals surface area contributed by atoms with Gasteiger partial charge in [-0.25, -0.2) is 0 Å². The maximum atomic E-state index is 11.4. The van der Waals surface area contributed by atoms with Crippen LogP contribution in [0.2, 0.25) is 5.02 Å². The van der Waals surface area contributed by atoms with Gasteiger partial charge in [-0.2, -0.15) is 0 Å². The number of hydrogen-bond acceptors (Lipinski definition) is 3. The number of ether oxygens (including phenoxy) is 1. The Kier molecular flexibility index (Phi) is 6.54. The van der Waals surface area contributed by atoms with E-state index in [1.165, 1.54) is 0 Å². The number of halogens is 1. The minimum Gasteiger partial charge on any atom is -0.484 e. The Bertz CT molecular complexity index is 396. The van der Waals surface area contributed by atoms with Crippen LogP contribution in [0.25, 0.3) is 0 Å². The fraction of sp³-hybridized carbons (Fsp3) is 0.462. The predicted octanol–water partition coefficient (Wildman–Crippen LogP) is 1.92. The number of rotatable bonds is 7. The first-order chi connectivity index (χ1) is 8.63. The van der Waals surface area contributed by atoms with Crippen molar-refractivity contribution in [3.63, 3.8) is 0 Å². The molecule has 1 aromatic rings. The average molecular weight is 272 g/mol. The van der Waals surface area contributed by atoms with Gasteiger partial charge in [0.15, 0.2) is 6.61 Å². The molecule has 4 nitrogen and oxygen atoms in total. The number of aliphatic hydroxyl groups excluding tert-OH is 1. The lowest BCUT2D eigenvalue weighted by Gasteiger charge is -2.09. The number of nitrogens with one attached hydrogen (secondary N) is 1. The molecule has 1 rings (SSSR count). The monoisotopic (exact) mass is 271 g/mol. The van der Waals surface area contributed by atoms with Gasteiger partial charge in [0.25, 0.3) is 5.91 Å². The van der Waals surface area contributed by atoms with Crippen molar-refractivity contribution in [1.82, 2.24) is 5.32 Å². The Balaban J connectivity index is 2.29. The van der Waals surface area contributed by atoms with Crippen molar-refractivity contribution in [2.75, 3.05) is 19.8 Å². The molecule has 0 aliphatic heterocycles. The molecular formula is C13H18ClNO3. The first-order valence-corrected chi connectivity index (χ1v) is 6.28. The van der Waals surface area contributed by atoms with Crippen LogP contribution in [0.15, 0.2) is 18.2 Å². The molecule has 0 unspecified atom stereocenters. The van der Waals surface area contributed by atoms with Crippen molar-refractivity contribution in [1.29, 1.82) is 0 Å². The van der Waals surface area contributed by atoms with Gasteiger partial charge < -0.3 is 15.2 Å². The summed E-state index contributed by atoms with van der Waals surface area (Å²) < 4.78 is 5.39. The molecule has 18 heavy (non-hydrogen) atoms. The van der Waals surface area contributed by atoms with E-state index in [-0.39, 0.29) is 19.1 Å². The lowest BCUT2D eigenvalue weighted by atomic mass is 10.2. The van der Waals surface area contributed by atoms with Gasteiger partial charge in [0.05, 0.1) is 0 Å². The minimum absolute atomic E-state index is 0.0123. The summed E-state index contributed by atoms with van der Waals surface area (Å²) in [6.07, 6.45) is 1.46. The molecule has 0 bridgehead atoms. The number of benzene rings is 1. The molecule has 5 heteroatoms. The summed E-state index contributed by atoms with van der Waals surface area (Å²) >= 11 is 5.82.